The number of carbonyl (C=O) groups is 2. The van der Waals surface area contributed by atoms with E-state index in [1.807, 2.05) is 0 Å². The van der Waals surface area contributed by atoms with Crippen molar-refractivity contribution < 1.29 is 27.9 Å². The van der Waals surface area contributed by atoms with Gasteiger partial charge in [-0.05, 0) is 26.7 Å². The van der Waals surface area contributed by atoms with Crippen molar-refractivity contribution in [2.24, 2.45) is 0 Å². The minimum Gasteiger partial charge on any atom is -0.481 e. The molecule has 0 fully saturated rings. The molecule has 0 unspecified atom stereocenters. The van der Waals surface area contributed by atoms with E-state index in [1.165, 1.54) is 13.8 Å². The van der Waals surface area contributed by atoms with E-state index in [-0.39, 0.29) is 19.3 Å². The maximum Gasteiger partial charge on any atom is 0.406 e. The van der Waals surface area contributed by atoms with E-state index in [9.17, 15) is 22.8 Å². The third-order valence-electron chi connectivity index (χ3n) is 2.32. The van der Waals surface area contributed by atoms with Crippen molar-refractivity contribution in [2.45, 2.75) is 51.7 Å². The highest BCUT2D eigenvalue weighted by Crippen LogP contribution is 2.19. The Morgan fingerprint density at radius 1 is 1.17 bits per heavy atom. The second kappa shape index (κ2) is 7.23. The highest BCUT2D eigenvalue weighted by molar-refractivity contribution is 5.76. The Balaban J connectivity index is 4.20. The Kier molecular flexibility index (Phi) is 6.72. The summed E-state index contributed by atoms with van der Waals surface area (Å²) in [6.45, 7) is 1.77. The first kappa shape index (κ1) is 16.7. The zero-order chi connectivity index (χ0) is 14.3. The van der Waals surface area contributed by atoms with Gasteiger partial charge in [0.15, 0.2) is 0 Å². The zero-order valence-corrected chi connectivity index (χ0v) is 10.5. The van der Waals surface area contributed by atoms with E-state index in [1.54, 1.807) is 0 Å². The van der Waals surface area contributed by atoms with Crippen LogP contribution in [0.2, 0.25) is 0 Å². The number of carboxylic acids is 1. The van der Waals surface area contributed by atoms with Crippen LogP contribution in [-0.4, -0.2) is 40.6 Å². The summed E-state index contributed by atoms with van der Waals surface area (Å²) in [5.41, 5.74) is 0. The van der Waals surface area contributed by atoms with Crippen molar-refractivity contribution in [1.29, 1.82) is 0 Å². The number of hydrogen-bond donors (Lipinski definition) is 1. The monoisotopic (exact) mass is 269 g/mol. The predicted octanol–water partition coefficient (Wildman–Crippen LogP) is 2.43. The van der Waals surface area contributed by atoms with E-state index in [0.29, 0.717) is 6.42 Å². The summed E-state index contributed by atoms with van der Waals surface area (Å²) in [6.07, 6.45) is -3.97. The number of rotatable bonds is 7. The predicted molar refractivity (Wildman–Crippen MR) is 59.0 cm³/mol. The third-order valence-corrected chi connectivity index (χ3v) is 2.32. The first-order chi connectivity index (χ1) is 8.13. The van der Waals surface area contributed by atoms with Crippen LogP contribution in [0, 0.1) is 0 Å². The largest absolute Gasteiger partial charge is 0.481 e. The number of halogens is 3. The van der Waals surface area contributed by atoms with Gasteiger partial charge < -0.3 is 10.0 Å². The topological polar surface area (TPSA) is 57.6 Å². The van der Waals surface area contributed by atoms with Gasteiger partial charge in [-0.1, -0.05) is 0 Å². The Labute approximate surface area is 104 Å². The summed E-state index contributed by atoms with van der Waals surface area (Å²) in [7, 11) is 0. The molecule has 106 valence electrons. The lowest BCUT2D eigenvalue weighted by atomic mass is 10.1. The highest BCUT2D eigenvalue weighted by Gasteiger charge is 2.33. The molecule has 0 aliphatic carbocycles. The SMILES string of the molecule is CC(C)N(CC(F)(F)F)C(=O)CCCCC(=O)O. The summed E-state index contributed by atoms with van der Waals surface area (Å²) in [5, 5.41) is 8.38. The Morgan fingerprint density at radius 2 is 1.67 bits per heavy atom. The van der Waals surface area contributed by atoms with E-state index in [4.69, 9.17) is 5.11 Å². The molecular formula is C11H18F3NO3. The number of unbranched alkanes of at least 4 members (excludes halogenated alkanes) is 1. The van der Waals surface area contributed by atoms with Gasteiger partial charge in [0.25, 0.3) is 0 Å². The van der Waals surface area contributed by atoms with E-state index < -0.39 is 30.6 Å². The van der Waals surface area contributed by atoms with Gasteiger partial charge in [-0.15, -0.1) is 0 Å². The average Bonchev–Trinajstić information content (AvgIpc) is 2.18. The molecule has 0 aromatic heterocycles. The standard InChI is InChI=1S/C11H18F3NO3/c1-8(2)15(7-11(12,13)14)9(16)5-3-4-6-10(17)18/h8H,3-7H2,1-2H3,(H,17,18). The lowest BCUT2D eigenvalue weighted by molar-refractivity contribution is -0.164. The molecule has 7 heteroatoms. The molecule has 4 nitrogen and oxygen atoms in total. The van der Waals surface area contributed by atoms with Gasteiger partial charge in [0, 0.05) is 18.9 Å². The van der Waals surface area contributed by atoms with Crippen LogP contribution in [0.3, 0.4) is 0 Å². The molecule has 0 saturated heterocycles. The van der Waals surface area contributed by atoms with E-state index >= 15 is 0 Å². The number of carboxylic acid groups (broad SMARTS) is 1. The smallest absolute Gasteiger partial charge is 0.406 e. The molecule has 0 aliphatic rings. The first-order valence-corrected chi connectivity index (χ1v) is 5.71. The van der Waals surface area contributed by atoms with Crippen molar-refractivity contribution in [3.63, 3.8) is 0 Å². The van der Waals surface area contributed by atoms with Crippen LogP contribution in [0.5, 0.6) is 0 Å². The lowest BCUT2D eigenvalue weighted by Gasteiger charge is -2.27. The normalized spacial score (nSPS) is 11.7. The van der Waals surface area contributed by atoms with Crippen LogP contribution in [-0.2, 0) is 9.59 Å². The molecule has 0 aromatic carbocycles. The fourth-order valence-electron chi connectivity index (χ4n) is 1.45. The number of hydrogen-bond acceptors (Lipinski definition) is 2. The number of aliphatic carboxylic acids is 1. The van der Waals surface area contributed by atoms with Crippen molar-refractivity contribution >= 4 is 11.9 Å². The number of nitrogens with zero attached hydrogens (tertiary/aromatic N) is 1. The van der Waals surface area contributed by atoms with Crippen molar-refractivity contribution in [2.75, 3.05) is 6.54 Å². The van der Waals surface area contributed by atoms with Crippen LogP contribution in [0.4, 0.5) is 13.2 Å². The van der Waals surface area contributed by atoms with Gasteiger partial charge in [0.1, 0.15) is 6.54 Å². The fraction of sp³-hybridized carbons (Fsp3) is 0.818. The molecule has 0 bridgehead atoms. The average molecular weight is 269 g/mol. The second-order valence-electron chi connectivity index (χ2n) is 4.33. The Morgan fingerprint density at radius 3 is 2.06 bits per heavy atom. The molecular weight excluding hydrogens is 251 g/mol. The Hall–Kier alpha value is -1.27. The van der Waals surface area contributed by atoms with Gasteiger partial charge >= 0.3 is 12.1 Å². The fourth-order valence-corrected chi connectivity index (χ4v) is 1.45. The second-order valence-corrected chi connectivity index (χ2v) is 4.33. The summed E-state index contributed by atoms with van der Waals surface area (Å²) in [5.74, 6) is -1.56. The van der Waals surface area contributed by atoms with Crippen molar-refractivity contribution in [3.8, 4) is 0 Å². The minimum atomic E-state index is -4.42. The van der Waals surface area contributed by atoms with E-state index in [2.05, 4.69) is 0 Å². The van der Waals surface area contributed by atoms with Gasteiger partial charge in [0.2, 0.25) is 5.91 Å². The quantitative estimate of drug-likeness (QED) is 0.722. The summed E-state index contributed by atoms with van der Waals surface area (Å²) in [4.78, 5) is 22.6. The summed E-state index contributed by atoms with van der Waals surface area (Å²) >= 11 is 0. The summed E-state index contributed by atoms with van der Waals surface area (Å²) in [6, 6.07) is -0.529. The van der Waals surface area contributed by atoms with Gasteiger partial charge in [-0.3, -0.25) is 9.59 Å². The van der Waals surface area contributed by atoms with Gasteiger partial charge in [-0.2, -0.15) is 13.2 Å². The molecule has 1 N–H and O–H groups in total. The maximum atomic E-state index is 12.2. The molecule has 1 amide bonds. The molecule has 18 heavy (non-hydrogen) atoms. The number of carbonyl (C=O) groups excluding carboxylic acids is 1. The number of amides is 1. The van der Waals surface area contributed by atoms with Crippen molar-refractivity contribution in [3.05, 3.63) is 0 Å². The zero-order valence-electron chi connectivity index (χ0n) is 10.5. The molecule has 0 saturated carbocycles. The van der Waals surface area contributed by atoms with E-state index in [0.717, 1.165) is 4.90 Å². The molecule has 0 atom stereocenters. The van der Waals surface area contributed by atoms with Crippen LogP contribution in [0.1, 0.15) is 39.5 Å². The molecule has 0 heterocycles. The number of alkyl halides is 3. The summed E-state index contributed by atoms with van der Waals surface area (Å²) < 4.78 is 36.7. The minimum absolute atomic E-state index is 0.0540. The molecule has 0 rings (SSSR count). The van der Waals surface area contributed by atoms with Gasteiger partial charge in [-0.25, -0.2) is 0 Å². The molecule has 0 spiro atoms. The molecule has 0 aromatic rings. The molecule has 0 aliphatic heterocycles. The Bertz CT molecular complexity index is 290. The van der Waals surface area contributed by atoms with Crippen LogP contribution < -0.4 is 0 Å². The highest BCUT2D eigenvalue weighted by atomic mass is 19.4. The third kappa shape index (κ3) is 7.92. The first-order valence-electron chi connectivity index (χ1n) is 5.71. The van der Waals surface area contributed by atoms with Crippen LogP contribution in [0.25, 0.3) is 0 Å². The van der Waals surface area contributed by atoms with Crippen LogP contribution in [0.15, 0.2) is 0 Å². The lowest BCUT2D eigenvalue weighted by Crippen LogP contribution is -2.43. The van der Waals surface area contributed by atoms with Gasteiger partial charge in [0.05, 0.1) is 0 Å². The van der Waals surface area contributed by atoms with Crippen LogP contribution >= 0.6 is 0 Å². The molecule has 0 radical (unpaired) electrons. The van der Waals surface area contributed by atoms with Crippen molar-refractivity contribution in [1.82, 2.24) is 4.90 Å². The maximum absolute atomic E-state index is 12.2.